The molecule has 2 unspecified atom stereocenters. The first kappa shape index (κ1) is 25.0. The van der Waals surface area contributed by atoms with Crippen LogP contribution < -0.4 is 15.2 Å². The number of hydrogen-bond acceptors (Lipinski definition) is 5. The van der Waals surface area contributed by atoms with Crippen molar-refractivity contribution >= 4 is 26.0 Å². The highest BCUT2D eigenvalue weighted by molar-refractivity contribution is 7.89. The fraction of sp³-hybridized carbons (Fsp3) is 0.381. The molecule has 10 heteroatoms. The van der Waals surface area contributed by atoms with Crippen molar-refractivity contribution in [2.45, 2.75) is 56.0 Å². The van der Waals surface area contributed by atoms with E-state index in [0.717, 1.165) is 5.56 Å². The summed E-state index contributed by atoms with van der Waals surface area (Å²) in [6.45, 7) is 7.38. The molecule has 2 aromatic rings. The molecule has 0 radical (unpaired) electrons. The lowest BCUT2D eigenvalue weighted by Crippen LogP contribution is -2.47. The van der Waals surface area contributed by atoms with Crippen molar-refractivity contribution in [3.63, 3.8) is 0 Å². The Labute approximate surface area is 184 Å². The molecule has 0 aliphatic rings. The van der Waals surface area contributed by atoms with Gasteiger partial charge in [-0.15, -0.1) is 0 Å². The summed E-state index contributed by atoms with van der Waals surface area (Å²) in [6, 6.07) is 10.8. The second-order valence-corrected chi connectivity index (χ2v) is 11.2. The lowest BCUT2D eigenvalue weighted by atomic mass is 10.0. The Morgan fingerprint density at radius 2 is 1.42 bits per heavy atom. The summed E-state index contributed by atoms with van der Waals surface area (Å²) in [6.07, 6.45) is 0.313. The third-order valence-electron chi connectivity index (χ3n) is 4.72. The zero-order chi connectivity index (χ0) is 23.4. The van der Waals surface area contributed by atoms with Crippen molar-refractivity contribution in [3.05, 3.63) is 59.7 Å². The number of carbonyl (C=O) groups is 1. The van der Waals surface area contributed by atoms with Gasteiger partial charge < -0.3 is 5.32 Å². The molecule has 0 saturated heterocycles. The molecule has 2 aromatic carbocycles. The van der Waals surface area contributed by atoms with Gasteiger partial charge in [0.1, 0.15) is 6.04 Å². The van der Waals surface area contributed by atoms with Crippen LogP contribution in [0.2, 0.25) is 0 Å². The zero-order valence-electron chi connectivity index (χ0n) is 18.0. The second-order valence-electron chi connectivity index (χ2n) is 7.96. The van der Waals surface area contributed by atoms with Gasteiger partial charge in [0.15, 0.2) is 0 Å². The molecule has 4 N–H and O–H groups in total. The summed E-state index contributed by atoms with van der Waals surface area (Å²) < 4.78 is 50.8. The predicted molar refractivity (Wildman–Crippen MR) is 119 cm³/mol. The molecule has 0 bridgehead atoms. The quantitative estimate of drug-likeness (QED) is 0.520. The Kier molecular flexibility index (Phi) is 7.98. The van der Waals surface area contributed by atoms with Crippen LogP contribution in [0.25, 0.3) is 0 Å². The number of rotatable bonds is 9. The van der Waals surface area contributed by atoms with Gasteiger partial charge in [-0.2, -0.15) is 4.72 Å². The van der Waals surface area contributed by atoms with Crippen molar-refractivity contribution < 1.29 is 21.6 Å². The molecule has 0 saturated carbocycles. The number of aryl methyl sites for hydroxylation is 1. The lowest BCUT2D eigenvalue weighted by molar-refractivity contribution is -0.123. The van der Waals surface area contributed by atoms with E-state index in [1.807, 2.05) is 20.8 Å². The van der Waals surface area contributed by atoms with Gasteiger partial charge in [0.25, 0.3) is 0 Å². The van der Waals surface area contributed by atoms with E-state index >= 15 is 0 Å². The second kappa shape index (κ2) is 9.90. The number of nitrogens with two attached hydrogens (primary N) is 1. The smallest absolute Gasteiger partial charge is 0.241 e. The van der Waals surface area contributed by atoms with Crippen LogP contribution in [0.15, 0.2) is 58.3 Å². The molecule has 0 heterocycles. The summed E-state index contributed by atoms with van der Waals surface area (Å²) >= 11 is 0. The molecule has 2 atom stereocenters. The number of benzene rings is 2. The highest BCUT2D eigenvalue weighted by Crippen LogP contribution is 2.18. The van der Waals surface area contributed by atoms with Crippen LogP contribution in [0.3, 0.4) is 0 Å². The first-order chi connectivity index (χ1) is 14.3. The van der Waals surface area contributed by atoms with E-state index in [0.29, 0.717) is 12.0 Å². The van der Waals surface area contributed by atoms with E-state index in [2.05, 4.69) is 10.0 Å². The van der Waals surface area contributed by atoms with E-state index in [9.17, 15) is 21.6 Å². The first-order valence-corrected chi connectivity index (χ1v) is 12.8. The van der Waals surface area contributed by atoms with Crippen molar-refractivity contribution in [1.82, 2.24) is 10.0 Å². The van der Waals surface area contributed by atoms with Crippen LogP contribution in [0.4, 0.5) is 0 Å². The van der Waals surface area contributed by atoms with Crippen molar-refractivity contribution in [2.75, 3.05) is 0 Å². The largest absolute Gasteiger partial charge is 0.348 e. The molecule has 0 aliphatic carbocycles. The number of primary sulfonamides is 1. The van der Waals surface area contributed by atoms with Crippen molar-refractivity contribution in [1.29, 1.82) is 0 Å². The molecule has 0 fully saturated rings. The normalized spacial score (nSPS) is 14.3. The van der Waals surface area contributed by atoms with Crippen LogP contribution in [-0.2, 0) is 24.8 Å². The highest BCUT2D eigenvalue weighted by Gasteiger charge is 2.27. The topological polar surface area (TPSA) is 135 Å². The fourth-order valence-corrected chi connectivity index (χ4v) is 4.72. The number of nitrogens with one attached hydrogen (secondary N) is 2. The van der Waals surface area contributed by atoms with Crippen LogP contribution in [0.1, 0.15) is 44.4 Å². The number of sulfonamides is 2. The maximum atomic E-state index is 12.9. The van der Waals surface area contributed by atoms with Crippen LogP contribution in [0, 0.1) is 12.8 Å². The minimum atomic E-state index is -3.88. The van der Waals surface area contributed by atoms with Gasteiger partial charge in [0, 0.05) is 0 Å². The fourth-order valence-electron chi connectivity index (χ4n) is 3.00. The van der Waals surface area contributed by atoms with Crippen molar-refractivity contribution in [3.8, 4) is 0 Å². The average Bonchev–Trinajstić information content (AvgIpc) is 2.66. The van der Waals surface area contributed by atoms with Gasteiger partial charge in [-0.25, -0.2) is 22.0 Å². The van der Waals surface area contributed by atoms with Crippen LogP contribution in [0.5, 0.6) is 0 Å². The van der Waals surface area contributed by atoms with E-state index in [1.54, 1.807) is 31.2 Å². The number of hydrogen-bond donors (Lipinski definition) is 3. The highest BCUT2D eigenvalue weighted by atomic mass is 32.2. The summed E-state index contributed by atoms with van der Waals surface area (Å²) in [5.74, 6) is -0.395. The van der Waals surface area contributed by atoms with Gasteiger partial charge >= 0.3 is 0 Å². The number of amides is 1. The average molecular weight is 468 g/mol. The Hall–Kier alpha value is -2.27. The molecule has 0 aliphatic heterocycles. The molecular weight excluding hydrogens is 438 g/mol. The Balaban J connectivity index is 2.18. The van der Waals surface area contributed by atoms with E-state index in [1.165, 1.54) is 24.3 Å². The lowest BCUT2D eigenvalue weighted by Gasteiger charge is -2.23. The molecule has 8 nitrogen and oxygen atoms in total. The SMILES string of the molecule is Cc1ccc(S(=O)(=O)NC(CC(C)C)C(=O)NC(C)c2ccc(S(N)(=O)=O)cc2)cc1. The Morgan fingerprint density at radius 3 is 1.90 bits per heavy atom. The van der Waals surface area contributed by atoms with Gasteiger partial charge in [-0.1, -0.05) is 43.7 Å². The van der Waals surface area contributed by atoms with Gasteiger partial charge in [-0.3, -0.25) is 4.79 Å². The molecule has 31 heavy (non-hydrogen) atoms. The summed E-state index contributed by atoms with van der Waals surface area (Å²) in [7, 11) is -7.69. The third-order valence-corrected chi connectivity index (χ3v) is 7.14. The zero-order valence-corrected chi connectivity index (χ0v) is 19.6. The van der Waals surface area contributed by atoms with Crippen molar-refractivity contribution in [2.24, 2.45) is 11.1 Å². The monoisotopic (exact) mass is 467 g/mol. The minimum Gasteiger partial charge on any atom is -0.348 e. The maximum absolute atomic E-state index is 12.9. The first-order valence-electron chi connectivity index (χ1n) is 9.81. The molecule has 1 amide bonds. The molecule has 0 spiro atoms. The van der Waals surface area contributed by atoms with Crippen LogP contribution in [-0.4, -0.2) is 28.8 Å². The van der Waals surface area contributed by atoms with Gasteiger partial charge in [0.05, 0.1) is 15.8 Å². The third kappa shape index (κ3) is 7.13. The standard InChI is InChI=1S/C21H29N3O5S2/c1-14(2)13-20(24-31(28,29)19-9-5-15(3)6-10-19)21(25)23-16(4)17-7-11-18(12-8-17)30(22,26)27/h5-12,14,16,20,24H,13H2,1-4H3,(H,23,25)(H2,22,26,27). The molecular formula is C21H29N3O5S2. The summed E-state index contributed by atoms with van der Waals surface area (Å²) in [5.41, 5.74) is 1.59. The molecule has 2 rings (SSSR count). The molecule has 0 aromatic heterocycles. The van der Waals surface area contributed by atoms with Gasteiger partial charge in [0.2, 0.25) is 26.0 Å². The predicted octanol–water partition coefficient (Wildman–Crippen LogP) is 2.21. The summed E-state index contributed by atoms with van der Waals surface area (Å²) in [4.78, 5) is 13.0. The van der Waals surface area contributed by atoms with Crippen LogP contribution >= 0.6 is 0 Å². The van der Waals surface area contributed by atoms with E-state index < -0.39 is 38.0 Å². The van der Waals surface area contributed by atoms with E-state index in [4.69, 9.17) is 5.14 Å². The summed E-state index contributed by atoms with van der Waals surface area (Å²) in [5, 5.41) is 7.90. The van der Waals surface area contributed by atoms with Gasteiger partial charge in [-0.05, 0) is 56.0 Å². The Bertz CT molecular complexity index is 1110. The Morgan fingerprint density at radius 1 is 0.903 bits per heavy atom. The maximum Gasteiger partial charge on any atom is 0.241 e. The molecule has 170 valence electrons. The minimum absolute atomic E-state index is 0.0293. The number of carbonyl (C=O) groups excluding carboxylic acids is 1. The van der Waals surface area contributed by atoms with E-state index in [-0.39, 0.29) is 15.7 Å².